The van der Waals surface area contributed by atoms with Crippen molar-refractivity contribution < 1.29 is 0 Å². The first-order valence-corrected chi connectivity index (χ1v) is 9.30. The van der Waals surface area contributed by atoms with Crippen molar-refractivity contribution in [2.45, 2.75) is 20.4 Å². The Morgan fingerprint density at radius 2 is 1.64 bits per heavy atom. The van der Waals surface area contributed by atoms with Gasteiger partial charge in [0.25, 0.3) is 0 Å². The Kier molecular flexibility index (Phi) is 6.00. The van der Waals surface area contributed by atoms with E-state index in [1.165, 1.54) is 11.1 Å². The third-order valence-electron chi connectivity index (χ3n) is 4.50. The summed E-state index contributed by atoms with van der Waals surface area (Å²) in [6.07, 6.45) is 0. The Hall–Kier alpha value is -1.55. The zero-order valence-electron chi connectivity index (χ0n) is 14.7. The first-order valence-electron chi connectivity index (χ1n) is 8.55. The SMILES string of the molecule is C/C(=N\N1CCN(Cc2ccc(C)cc2)CC1)c1ccc(Cl)c(Cl)c1. The molecule has 2 aromatic carbocycles. The summed E-state index contributed by atoms with van der Waals surface area (Å²) < 4.78 is 0. The topological polar surface area (TPSA) is 18.8 Å². The minimum absolute atomic E-state index is 0.566. The van der Waals surface area contributed by atoms with Crippen molar-refractivity contribution in [3.63, 3.8) is 0 Å². The largest absolute Gasteiger partial charge is 0.295 e. The van der Waals surface area contributed by atoms with Gasteiger partial charge in [0.05, 0.1) is 15.8 Å². The lowest BCUT2D eigenvalue weighted by Gasteiger charge is -2.33. The van der Waals surface area contributed by atoms with Crippen LogP contribution < -0.4 is 0 Å². The van der Waals surface area contributed by atoms with Gasteiger partial charge in [0.1, 0.15) is 0 Å². The minimum atomic E-state index is 0.566. The van der Waals surface area contributed by atoms with E-state index >= 15 is 0 Å². The van der Waals surface area contributed by atoms with Crippen LogP contribution in [0.1, 0.15) is 23.6 Å². The predicted octanol–water partition coefficient (Wildman–Crippen LogP) is 4.84. The molecule has 3 rings (SSSR count). The number of hydrogen-bond donors (Lipinski definition) is 0. The number of halogens is 2. The van der Waals surface area contributed by atoms with Crippen LogP contribution in [0.3, 0.4) is 0 Å². The van der Waals surface area contributed by atoms with Crippen LogP contribution in [-0.2, 0) is 6.54 Å². The molecule has 1 heterocycles. The van der Waals surface area contributed by atoms with Gasteiger partial charge < -0.3 is 0 Å². The molecule has 0 aliphatic carbocycles. The summed E-state index contributed by atoms with van der Waals surface area (Å²) in [4.78, 5) is 2.48. The summed E-state index contributed by atoms with van der Waals surface area (Å²) in [5.74, 6) is 0. The molecule has 1 aliphatic rings. The fourth-order valence-electron chi connectivity index (χ4n) is 2.94. The normalized spacial score (nSPS) is 16.3. The van der Waals surface area contributed by atoms with E-state index in [4.69, 9.17) is 28.3 Å². The van der Waals surface area contributed by atoms with Gasteiger partial charge in [-0.05, 0) is 37.1 Å². The van der Waals surface area contributed by atoms with E-state index in [1.807, 2.05) is 25.1 Å². The lowest BCUT2D eigenvalue weighted by atomic mass is 10.1. The van der Waals surface area contributed by atoms with Crippen LogP contribution in [0.2, 0.25) is 10.0 Å². The fourth-order valence-corrected chi connectivity index (χ4v) is 3.24. The summed E-state index contributed by atoms with van der Waals surface area (Å²) in [5.41, 5.74) is 4.65. The average molecular weight is 376 g/mol. The van der Waals surface area contributed by atoms with Crippen molar-refractivity contribution in [1.29, 1.82) is 0 Å². The highest BCUT2D eigenvalue weighted by molar-refractivity contribution is 6.42. The van der Waals surface area contributed by atoms with E-state index in [1.54, 1.807) is 0 Å². The second kappa shape index (κ2) is 8.22. The number of benzene rings is 2. The van der Waals surface area contributed by atoms with E-state index in [-0.39, 0.29) is 0 Å². The second-order valence-corrected chi connectivity index (χ2v) is 7.34. The van der Waals surface area contributed by atoms with Crippen molar-refractivity contribution in [3.8, 4) is 0 Å². The molecular formula is C20H23Cl2N3. The van der Waals surface area contributed by atoms with Crippen molar-refractivity contribution in [2.24, 2.45) is 5.10 Å². The summed E-state index contributed by atoms with van der Waals surface area (Å²) in [6.45, 7) is 9.05. The first-order chi connectivity index (χ1) is 12.0. The Labute approximate surface area is 159 Å². The molecule has 3 nitrogen and oxygen atoms in total. The smallest absolute Gasteiger partial charge is 0.0647 e. The molecule has 1 saturated heterocycles. The van der Waals surface area contributed by atoms with Gasteiger partial charge in [-0.25, -0.2) is 0 Å². The quantitative estimate of drug-likeness (QED) is 0.711. The number of hydrazone groups is 1. The number of hydrogen-bond acceptors (Lipinski definition) is 3. The molecule has 0 amide bonds. The molecule has 0 unspecified atom stereocenters. The Bertz CT molecular complexity index is 748. The lowest BCUT2D eigenvalue weighted by Crippen LogP contribution is -2.43. The third kappa shape index (κ3) is 4.97. The summed E-state index contributed by atoms with van der Waals surface area (Å²) in [7, 11) is 0. The Balaban J connectivity index is 1.56. The van der Waals surface area contributed by atoms with Crippen LogP contribution in [0.4, 0.5) is 0 Å². The van der Waals surface area contributed by atoms with Crippen molar-refractivity contribution >= 4 is 28.9 Å². The third-order valence-corrected chi connectivity index (χ3v) is 5.24. The molecule has 0 atom stereocenters. The van der Waals surface area contributed by atoms with Gasteiger partial charge in [-0.2, -0.15) is 5.10 Å². The maximum absolute atomic E-state index is 6.10. The summed E-state index contributed by atoms with van der Waals surface area (Å²) in [6, 6.07) is 14.4. The summed E-state index contributed by atoms with van der Waals surface area (Å²) >= 11 is 12.1. The molecule has 5 heteroatoms. The molecule has 0 saturated carbocycles. The molecule has 132 valence electrons. The fraction of sp³-hybridized carbons (Fsp3) is 0.350. The van der Waals surface area contributed by atoms with Crippen LogP contribution in [0, 0.1) is 6.92 Å². The Morgan fingerprint density at radius 1 is 0.960 bits per heavy atom. The van der Waals surface area contributed by atoms with Crippen molar-refractivity contribution in [2.75, 3.05) is 26.2 Å². The molecule has 0 spiro atoms. The molecule has 0 bridgehead atoms. The standard InChI is InChI=1S/C20H23Cl2N3/c1-15-3-5-17(6-4-15)14-24-9-11-25(12-10-24)23-16(2)18-7-8-19(21)20(22)13-18/h3-8,13H,9-12,14H2,1-2H3/b23-16+. The Morgan fingerprint density at radius 3 is 2.28 bits per heavy atom. The van der Waals surface area contributed by atoms with E-state index in [0.717, 1.165) is 44.0 Å². The highest BCUT2D eigenvalue weighted by Gasteiger charge is 2.16. The monoisotopic (exact) mass is 375 g/mol. The lowest BCUT2D eigenvalue weighted by molar-refractivity contribution is 0.130. The molecule has 1 fully saturated rings. The van der Waals surface area contributed by atoms with E-state index < -0.39 is 0 Å². The molecule has 25 heavy (non-hydrogen) atoms. The number of nitrogens with zero attached hydrogens (tertiary/aromatic N) is 3. The van der Waals surface area contributed by atoms with Crippen LogP contribution in [0.25, 0.3) is 0 Å². The summed E-state index contributed by atoms with van der Waals surface area (Å²) in [5, 5.41) is 8.03. The molecule has 0 radical (unpaired) electrons. The predicted molar refractivity (Wildman–Crippen MR) is 107 cm³/mol. The number of piperazine rings is 1. The van der Waals surface area contributed by atoms with E-state index in [9.17, 15) is 0 Å². The second-order valence-electron chi connectivity index (χ2n) is 6.53. The molecular weight excluding hydrogens is 353 g/mol. The minimum Gasteiger partial charge on any atom is -0.295 e. The van der Waals surface area contributed by atoms with Gasteiger partial charge in [0.2, 0.25) is 0 Å². The van der Waals surface area contributed by atoms with Gasteiger partial charge in [-0.1, -0.05) is 59.1 Å². The van der Waals surface area contributed by atoms with E-state index in [2.05, 4.69) is 41.1 Å². The zero-order chi connectivity index (χ0) is 17.8. The van der Waals surface area contributed by atoms with Gasteiger partial charge in [-0.15, -0.1) is 0 Å². The van der Waals surface area contributed by atoms with Gasteiger partial charge in [-0.3, -0.25) is 9.91 Å². The van der Waals surface area contributed by atoms with E-state index in [0.29, 0.717) is 10.0 Å². The number of rotatable bonds is 4. The highest BCUT2D eigenvalue weighted by Crippen LogP contribution is 2.23. The van der Waals surface area contributed by atoms with Crippen molar-refractivity contribution in [1.82, 2.24) is 9.91 Å². The molecule has 0 N–H and O–H groups in total. The van der Waals surface area contributed by atoms with Gasteiger partial charge >= 0.3 is 0 Å². The molecule has 2 aromatic rings. The van der Waals surface area contributed by atoms with Crippen LogP contribution in [0.5, 0.6) is 0 Å². The van der Waals surface area contributed by atoms with Gasteiger partial charge in [0, 0.05) is 32.7 Å². The van der Waals surface area contributed by atoms with Crippen molar-refractivity contribution in [3.05, 3.63) is 69.2 Å². The maximum Gasteiger partial charge on any atom is 0.0647 e. The van der Waals surface area contributed by atoms with Crippen LogP contribution >= 0.6 is 23.2 Å². The van der Waals surface area contributed by atoms with Gasteiger partial charge in [0.15, 0.2) is 0 Å². The zero-order valence-corrected chi connectivity index (χ0v) is 16.2. The number of aryl methyl sites for hydroxylation is 1. The van der Waals surface area contributed by atoms with Crippen LogP contribution in [0.15, 0.2) is 47.6 Å². The first kappa shape index (κ1) is 18.2. The molecule has 0 aromatic heterocycles. The molecule has 1 aliphatic heterocycles. The maximum atomic E-state index is 6.10. The highest BCUT2D eigenvalue weighted by atomic mass is 35.5. The average Bonchev–Trinajstić information content (AvgIpc) is 2.61. The van der Waals surface area contributed by atoms with Crippen LogP contribution in [-0.4, -0.2) is 41.8 Å².